The highest BCUT2D eigenvalue weighted by molar-refractivity contribution is 5.82. The molecule has 0 aliphatic rings. The fraction of sp³-hybridized carbons (Fsp3) is 0.471. The van der Waals surface area contributed by atoms with Crippen molar-refractivity contribution >= 4 is 17.0 Å². The Bertz CT molecular complexity index is 628. The van der Waals surface area contributed by atoms with Crippen molar-refractivity contribution < 1.29 is 9.53 Å². The summed E-state index contributed by atoms with van der Waals surface area (Å²) in [6, 6.07) is 8.45. The number of para-hydroxylation sites is 1. The molecule has 1 aromatic heterocycles. The highest BCUT2D eigenvalue weighted by Gasteiger charge is 2.16. The molecule has 5 heteroatoms. The van der Waals surface area contributed by atoms with Crippen LogP contribution in [0.3, 0.4) is 0 Å². The zero-order chi connectivity index (χ0) is 16.2. The van der Waals surface area contributed by atoms with E-state index in [-0.39, 0.29) is 12.1 Å². The first-order valence-corrected chi connectivity index (χ1v) is 7.60. The second kappa shape index (κ2) is 6.83. The van der Waals surface area contributed by atoms with Gasteiger partial charge in [0.1, 0.15) is 5.60 Å². The van der Waals surface area contributed by atoms with Gasteiger partial charge in [0.15, 0.2) is 0 Å². The van der Waals surface area contributed by atoms with Crippen molar-refractivity contribution in [1.29, 1.82) is 0 Å². The minimum Gasteiger partial charge on any atom is -0.444 e. The minimum absolute atomic E-state index is 0.151. The van der Waals surface area contributed by atoms with E-state index in [4.69, 9.17) is 4.74 Å². The van der Waals surface area contributed by atoms with Crippen LogP contribution >= 0.6 is 0 Å². The summed E-state index contributed by atoms with van der Waals surface area (Å²) in [6.45, 7) is 8.86. The van der Waals surface area contributed by atoms with Crippen LogP contribution in [0.1, 0.15) is 33.3 Å². The molecule has 2 aromatic rings. The van der Waals surface area contributed by atoms with E-state index in [1.54, 1.807) is 0 Å². The number of amides is 1. The molecule has 120 valence electrons. The topological polar surface area (TPSA) is 66.2 Å². The van der Waals surface area contributed by atoms with Crippen molar-refractivity contribution in [2.75, 3.05) is 6.54 Å². The van der Waals surface area contributed by atoms with Gasteiger partial charge in [0.05, 0.1) is 0 Å². The lowest BCUT2D eigenvalue weighted by molar-refractivity contribution is 0.0523. The molecule has 1 heterocycles. The van der Waals surface area contributed by atoms with Crippen LogP contribution in [-0.4, -0.2) is 29.3 Å². The molecular formula is C17H25N3O2. The third kappa shape index (κ3) is 4.77. The van der Waals surface area contributed by atoms with Gasteiger partial charge in [-0.3, -0.25) is 0 Å². The van der Waals surface area contributed by atoms with Gasteiger partial charge in [-0.15, -0.1) is 0 Å². The first-order valence-electron chi connectivity index (χ1n) is 7.60. The van der Waals surface area contributed by atoms with E-state index in [1.807, 2.05) is 33.9 Å². The third-order valence-electron chi connectivity index (χ3n) is 3.27. The lowest BCUT2D eigenvalue weighted by atomic mass is 10.1. The molecule has 0 aliphatic carbocycles. The SMILES string of the molecule is CC(CNC(=O)OC(C)(C)C)NCc1cccc2cc[nH]c12. The molecule has 0 bridgehead atoms. The Hall–Kier alpha value is -2.01. The van der Waals surface area contributed by atoms with Crippen molar-refractivity contribution in [3.8, 4) is 0 Å². The Kier molecular flexibility index (Phi) is 5.08. The molecular weight excluding hydrogens is 278 g/mol. The van der Waals surface area contributed by atoms with E-state index >= 15 is 0 Å². The summed E-state index contributed by atoms with van der Waals surface area (Å²) in [5.41, 5.74) is 1.90. The van der Waals surface area contributed by atoms with Gasteiger partial charge >= 0.3 is 6.09 Å². The fourth-order valence-electron chi connectivity index (χ4n) is 2.20. The maximum absolute atomic E-state index is 11.6. The molecule has 0 aliphatic heterocycles. The van der Waals surface area contributed by atoms with E-state index in [0.717, 1.165) is 12.1 Å². The molecule has 2 rings (SSSR count). The fourth-order valence-corrected chi connectivity index (χ4v) is 2.20. The van der Waals surface area contributed by atoms with Crippen molar-refractivity contribution in [3.63, 3.8) is 0 Å². The number of nitrogens with one attached hydrogen (secondary N) is 3. The number of alkyl carbamates (subject to hydrolysis) is 1. The van der Waals surface area contributed by atoms with Gasteiger partial charge in [0.2, 0.25) is 0 Å². The quantitative estimate of drug-likeness (QED) is 0.795. The molecule has 0 spiro atoms. The molecule has 3 N–H and O–H groups in total. The first kappa shape index (κ1) is 16.4. The van der Waals surface area contributed by atoms with Gasteiger partial charge in [0, 0.05) is 30.8 Å². The molecule has 1 atom stereocenters. The predicted octanol–water partition coefficient (Wildman–Crippen LogP) is 3.17. The van der Waals surface area contributed by atoms with E-state index in [2.05, 4.69) is 39.9 Å². The highest BCUT2D eigenvalue weighted by atomic mass is 16.6. The Morgan fingerprint density at radius 2 is 2.09 bits per heavy atom. The average molecular weight is 303 g/mol. The molecule has 0 saturated heterocycles. The van der Waals surface area contributed by atoms with Gasteiger partial charge in [-0.05, 0) is 44.7 Å². The van der Waals surface area contributed by atoms with Crippen molar-refractivity contribution in [2.45, 2.75) is 45.9 Å². The lowest BCUT2D eigenvalue weighted by Gasteiger charge is -2.21. The second-order valence-corrected chi connectivity index (χ2v) is 6.52. The van der Waals surface area contributed by atoms with E-state index in [0.29, 0.717) is 6.54 Å². The molecule has 1 aromatic carbocycles. The number of rotatable bonds is 5. The summed E-state index contributed by atoms with van der Waals surface area (Å²) in [7, 11) is 0. The molecule has 22 heavy (non-hydrogen) atoms. The van der Waals surface area contributed by atoms with Gasteiger partial charge in [-0.2, -0.15) is 0 Å². The number of aromatic amines is 1. The summed E-state index contributed by atoms with van der Waals surface area (Å²) < 4.78 is 5.22. The predicted molar refractivity (Wildman–Crippen MR) is 88.8 cm³/mol. The van der Waals surface area contributed by atoms with Gasteiger partial charge in [0.25, 0.3) is 0 Å². The maximum Gasteiger partial charge on any atom is 0.407 e. The standard InChI is InChI=1S/C17H25N3O2/c1-12(10-20-16(21)22-17(2,3)4)19-11-14-7-5-6-13-8-9-18-15(13)14/h5-9,12,18-19H,10-11H2,1-4H3,(H,20,21). The van der Waals surface area contributed by atoms with Crippen LogP contribution in [0.4, 0.5) is 4.79 Å². The number of hydrogen-bond donors (Lipinski definition) is 3. The summed E-state index contributed by atoms with van der Waals surface area (Å²) in [5, 5.41) is 7.39. The Morgan fingerprint density at radius 1 is 1.32 bits per heavy atom. The van der Waals surface area contributed by atoms with Crippen LogP contribution < -0.4 is 10.6 Å². The monoisotopic (exact) mass is 303 g/mol. The third-order valence-corrected chi connectivity index (χ3v) is 3.27. The molecule has 5 nitrogen and oxygen atoms in total. The number of carbonyl (C=O) groups is 1. The smallest absolute Gasteiger partial charge is 0.407 e. The number of fused-ring (bicyclic) bond motifs is 1. The first-order chi connectivity index (χ1) is 10.3. The number of benzene rings is 1. The van der Waals surface area contributed by atoms with Gasteiger partial charge in [-0.25, -0.2) is 4.79 Å². The number of ether oxygens (including phenoxy) is 1. The molecule has 0 fully saturated rings. The largest absolute Gasteiger partial charge is 0.444 e. The number of aromatic nitrogens is 1. The number of H-pyrrole nitrogens is 1. The number of carbonyl (C=O) groups excluding carboxylic acids is 1. The van der Waals surface area contributed by atoms with Crippen LogP contribution in [0.5, 0.6) is 0 Å². The van der Waals surface area contributed by atoms with Crippen LogP contribution in [0, 0.1) is 0 Å². The summed E-state index contributed by atoms with van der Waals surface area (Å²) >= 11 is 0. The number of hydrogen-bond acceptors (Lipinski definition) is 3. The van der Waals surface area contributed by atoms with Gasteiger partial charge < -0.3 is 20.4 Å². The molecule has 1 unspecified atom stereocenters. The molecule has 1 amide bonds. The lowest BCUT2D eigenvalue weighted by Crippen LogP contribution is -2.41. The molecule has 0 saturated carbocycles. The highest BCUT2D eigenvalue weighted by Crippen LogP contribution is 2.16. The van der Waals surface area contributed by atoms with E-state index in [1.165, 1.54) is 10.9 Å². The van der Waals surface area contributed by atoms with Gasteiger partial charge in [-0.1, -0.05) is 18.2 Å². The summed E-state index contributed by atoms with van der Waals surface area (Å²) in [5.74, 6) is 0. The molecule has 0 radical (unpaired) electrons. The Balaban J connectivity index is 1.79. The van der Waals surface area contributed by atoms with Crippen molar-refractivity contribution in [1.82, 2.24) is 15.6 Å². The Morgan fingerprint density at radius 3 is 2.82 bits per heavy atom. The Labute approximate surface area is 131 Å². The second-order valence-electron chi connectivity index (χ2n) is 6.52. The van der Waals surface area contributed by atoms with Crippen LogP contribution in [0.25, 0.3) is 10.9 Å². The zero-order valence-electron chi connectivity index (χ0n) is 13.7. The summed E-state index contributed by atoms with van der Waals surface area (Å²) in [4.78, 5) is 14.9. The van der Waals surface area contributed by atoms with Crippen LogP contribution in [-0.2, 0) is 11.3 Å². The van der Waals surface area contributed by atoms with Crippen LogP contribution in [0.2, 0.25) is 0 Å². The normalized spacial score (nSPS) is 13.1. The minimum atomic E-state index is -0.468. The van der Waals surface area contributed by atoms with Crippen molar-refractivity contribution in [2.24, 2.45) is 0 Å². The zero-order valence-corrected chi connectivity index (χ0v) is 13.7. The summed E-state index contributed by atoms with van der Waals surface area (Å²) in [6.07, 6.45) is 1.56. The van der Waals surface area contributed by atoms with Crippen molar-refractivity contribution in [3.05, 3.63) is 36.0 Å². The van der Waals surface area contributed by atoms with E-state index in [9.17, 15) is 4.79 Å². The maximum atomic E-state index is 11.6. The van der Waals surface area contributed by atoms with Crippen LogP contribution in [0.15, 0.2) is 30.5 Å². The van der Waals surface area contributed by atoms with E-state index < -0.39 is 5.60 Å². The average Bonchev–Trinajstić information content (AvgIpc) is 2.89.